The van der Waals surface area contributed by atoms with Crippen LogP contribution in [0.25, 0.3) is 16.6 Å². The predicted octanol–water partition coefficient (Wildman–Crippen LogP) is 3.88. The molecule has 2 aliphatic rings. The van der Waals surface area contributed by atoms with Crippen molar-refractivity contribution in [2.45, 2.75) is 38.0 Å². The molecule has 2 aliphatic heterocycles. The predicted molar refractivity (Wildman–Crippen MR) is 126 cm³/mol. The van der Waals surface area contributed by atoms with E-state index in [0.717, 1.165) is 54.1 Å². The van der Waals surface area contributed by atoms with Crippen LogP contribution in [0.15, 0.2) is 55.0 Å². The average molecular weight is 461 g/mol. The number of halogens is 1. The molecule has 2 N–H and O–H groups in total. The van der Waals surface area contributed by atoms with Crippen molar-refractivity contribution in [1.29, 1.82) is 0 Å². The second-order valence-electron chi connectivity index (χ2n) is 8.93. The molecule has 9 heteroatoms. The molecule has 0 radical (unpaired) electrons. The Morgan fingerprint density at radius 2 is 1.91 bits per heavy atom. The van der Waals surface area contributed by atoms with Gasteiger partial charge >= 0.3 is 0 Å². The van der Waals surface area contributed by atoms with Gasteiger partial charge in [0.05, 0.1) is 31.1 Å². The minimum Gasteiger partial charge on any atom is -0.488 e. The molecule has 0 aliphatic carbocycles. The summed E-state index contributed by atoms with van der Waals surface area (Å²) < 4.78 is 27.1. The Morgan fingerprint density at radius 1 is 1.06 bits per heavy atom. The highest BCUT2D eigenvalue weighted by Gasteiger charge is 2.33. The maximum atomic E-state index is 13.1. The van der Waals surface area contributed by atoms with E-state index in [2.05, 4.69) is 37.8 Å². The van der Waals surface area contributed by atoms with Crippen LogP contribution in [0.2, 0.25) is 0 Å². The van der Waals surface area contributed by atoms with Crippen LogP contribution in [0.1, 0.15) is 18.5 Å². The standard InChI is InChI=1S/C25H25FN6O2/c1-15-6-22(23(12-27-15)34-21-8-18-13-33-14-19(9-21)29-18)16-4-5-32-20(7-16)10-25(31-32)30-24-3-2-17(26)11-28-24/h2-7,10-12,18-19,21,29H,8-9,13-14H2,1H3,(H,28,30,31)/t18-,19+,21?. The number of piperidine rings is 1. The molecule has 2 bridgehead atoms. The van der Waals surface area contributed by atoms with E-state index in [9.17, 15) is 4.39 Å². The van der Waals surface area contributed by atoms with Crippen LogP contribution in [0, 0.1) is 12.7 Å². The number of hydrogen-bond acceptors (Lipinski definition) is 7. The van der Waals surface area contributed by atoms with E-state index in [1.54, 1.807) is 10.6 Å². The lowest BCUT2D eigenvalue weighted by molar-refractivity contribution is -0.0122. The molecule has 2 fully saturated rings. The third-order valence-electron chi connectivity index (χ3n) is 6.26. The Labute approximate surface area is 196 Å². The molecule has 4 aromatic heterocycles. The van der Waals surface area contributed by atoms with Crippen molar-refractivity contribution in [2.24, 2.45) is 0 Å². The highest BCUT2D eigenvalue weighted by atomic mass is 19.1. The van der Waals surface area contributed by atoms with Crippen molar-refractivity contribution in [3.8, 4) is 16.9 Å². The number of morpholine rings is 1. The number of hydrogen-bond donors (Lipinski definition) is 2. The number of rotatable bonds is 5. The third kappa shape index (κ3) is 4.32. The van der Waals surface area contributed by atoms with Gasteiger partial charge in [-0.05, 0) is 42.8 Å². The monoisotopic (exact) mass is 460 g/mol. The van der Waals surface area contributed by atoms with Gasteiger partial charge < -0.3 is 20.1 Å². The molecule has 1 unspecified atom stereocenters. The van der Waals surface area contributed by atoms with Crippen LogP contribution in [0.4, 0.5) is 16.0 Å². The first kappa shape index (κ1) is 21.0. The summed E-state index contributed by atoms with van der Waals surface area (Å²) in [7, 11) is 0. The Bertz CT molecular complexity index is 1310. The molecular weight excluding hydrogens is 435 g/mol. The van der Waals surface area contributed by atoms with Gasteiger partial charge in [-0.15, -0.1) is 0 Å². The van der Waals surface area contributed by atoms with E-state index >= 15 is 0 Å². The van der Waals surface area contributed by atoms with Crippen LogP contribution in [-0.4, -0.2) is 51.0 Å². The number of aromatic nitrogens is 4. The lowest BCUT2D eigenvalue weighted by Gasteiger charge is -2.40. The van der Waals surface area contributed by atoms with Gasteiger partial charge in [0.2, 0.25) is 0 Å². The van der Waals surface area contributed by atoms with Gasteiger partial charge in [-0.1, -0.05) is 0 Å². The Balaban J connectivity index is 1.27. The number of pyridine rings is 3. The van der Waals surface area contributed by atoms with Gasteiger partial charge in [-0.25, -0.2) is 13.9 Å². The fourth-order valence-corrected chi connectivity index (χ4v) is 4.73. The van der Waals surface area contributed by atoms with Gasteiger partial charge in [0.15, 0.2) is 5.82 Å². The Morgan fingerprint density at radius 3 is 2.71 bits per heavy atom. The molecule has 174 valence electrons. The maximum Gasteiger partial charge on any atom is 0.154 e. The molecule has 0 aromatic carbocycles. The maximum absolute atomic E-state index is 13.1. The van der Waals surface area contributed by atoms with E-state index in [1.807, 2.05) is 31.5 Å². The highest BCUT2D eigenvalue weighted by Crippen LogP contribution is 2.34. The summed E-state index contributed by atoms with van der Waals surface area (Å²) in [5, 5.41) is 11.3. The number of ether oxygens (including phenoxy) is 2. The number of nitrogens with one attached hydrogen (secondary N) is 2. The molecule has 6 rings (SSSR count). The molecule has 6 heterocycles. The second kappa shape index (κ2) is 8.66. The molecular formula is C25H25FN6O2. The summed E-state index contributed by atoms with van der Waals surface area (Å²) in [6.45, 7) is 3.45. The third-order valence-corrected chi connectivity index (χ3v) is 6.26. The lowest BCUT2D eigenvalue weighted by Crippen LogP contribution is -2.56. The van der Waals surface area contributed by atoms with Gasteiger partial charge in [0.25, 0.3) is 0 Å². The number of fused-ring (bicyclic) bond motifs is 3. The number of anilines is 2. The zero-order chi connectivity index (χ0) is 23.1. The average Bonchev–Trinajstić information content (AvgIpc) is 3.23. The van der Waals surface area contributed by atoms with Crippen molar-refractivity contribution in [1.82, 2.24) is 24.9 Å². The first-order valence-electron chi connectivity index (χ1n) is 11.4. The lowest BCUT2D eigenvalue weighted by atomic mass is 9.94. The molecule has 3 atom stereocenters. The number of aryl methyl sites for hydroxylation is 1. The fourth-order valence-electron chi connectivity index (χ4n) is 4.73. The second-order valence-corrected chi connectivity index (χ2v) is 8.93. The van der Waals surface area contributed by atoms with Crippen molar-refractivity contribution in [2.75, 3.05) is 18.5 Å². The van der Waals surface area contributed by atoms with Gasteiger partial charge in [-0.3, -0.25) is 4.98 Å². The van der Waals surface area contributed by atoms with Crippen LogP contribution in [-0.2, 0) is 4.74 Å². The first-order chi connectivity index (χ1) is 16.6. The normalized spacial score (nSPS) is 22.0. The van der Waals surface area contributed by atoms with Crippen LogP contribution in [0.5, 0.6) is 5.75 Å². The van der Waals surface area contributed by atoms with E-state index in [4.69, 9.17) is 9.47 Å². The van der Waals surface area contributed by atoms with Gasteiger partial charge in [0.1, 0.15) is 23.5 Å². The SMILES string of the molecule is Cc1cc(-c2ccn3nc(Nc4ccc(F)cn4)cc3c2)c(OC2C[C@H]3COC[C@@H](C2)N3)cn1. The van der Waals surface area contributed by atoms with E-state index in [0.29, 0.717) is 23.7 Å². The smallest absolute Gasteiger partial charge is 0.154 e. The van der Waals surface area contributed by atoms with Gasteiger partial charge in [-0.2, -0.15) is 5.10 Å². The Hall–Kier alpha value is -3.56. The first-order valence-corrected chi connectivity index (χ1v) is 11.4. The molecule has 0 saturated carbocycles. The quantitative estimate of drug-likeness (QED) is 0.468. The van der Waals surface area contributed by atoms with Crippen molar-refractivity contribution >= 4 is 17.2 Å². The molecule has 8 nitrogen and oxygen atoms in total. The summed E-state index contributed by atoms with van der Waals surface area (Å²) in [6, 6.07) is 11.7. The summed E-state index contributed by atoms with van der Waals surface area (Å²) in [5.41, 5.74) is 3.87. The number of nitrogens with zero attached hydrogens (tertiary/aromatic N) is 4. The summed E-state index contributed by atoms with van der Waals surface area (Å²) >= 11 is 0. The largest absolute Gasteiger partial charge is 0.488 e. The molecule has 34 heavy (non-hydrogen) atoms. The zero-order valence-electron chi connectivity index (χ0n) is 18.7. The van der Waals surface area contributed by atoms with Crippen LogP contribution >= 0.6 is 0 Å². The molecule has 4 aromatic rings. The van der Waals surface area contributed by atoms with Crippen LogP contribution < -0.4 is 15.4 Å². The summed E-state index contributed by atoms with van der Waals surface area (Å²) in [5.74, 6) is 1.57. The highest BCUT2D eigenvalue weighted by molar-refractivity contribution is 5.75. The molecule has 2 saturated heterocycles. The molecule has 0 spiro atoms. The van der Waals surface area contributed by atoms with E-state index < -0.39 is 0 Å². The van der Waals surface area contributed by atoms with Crippen molar-refractivity contribution in [3.05, 3.63) is 66.5 Å². The van der Waals surface area contributed by atoms with E-state index in [-0.39, 0.29) is 11.9 Å². The van der Waals surface area contributed by atoms with E-state index in [1.165, 1.54) is 12.3 Å². The van der Waals surface area contributed by atoms with Crippen LogP contribution in [0.3, 0.4) is 0 Å². The summed E-state index contributed by atoms with van der Waals surface area (Å²) in [6.07, 6.45) is 6.87. The minimum absolute atomic E-state index is 0.126. The topological polar surface area (TPSA) is 85.6 Å². The fraction of sp³-hybridized carbons (Fsp3) is 0.320. The minimum atomic E-state index is -0.378. The Kier molecular flexibility index (Phi) is 5.35. The van der Waals surface area contributed by atoms with Gasteiger partial charge in [0, 0.05) is 48.4 Å². The summed E-state index contributed by atoms with van der Waals surface area (Å²) in [4.78, 5) is 8.53. The molecule has 0 amide bonds. The van der Waals surface area contributed by atoms with Crippen molar-refractivity contribution in [3.63, 3.8) is 0 Å². The zero-order valence-corrected chi connectivity index (χ0v) is 18.7. The van der Waals surface area contributed by atoms with Crippen molar-refractivity contribution < 1.29 is 13.9 Å².